The Morgan fingerprint density at radius 3 is 2.67 bits per heavy atom. The number of aromatic nitrogens is 1. The molecule has 0 radical (unpaired) electrons. The summed E-state index contributed by atoms with van der Waals surface area (Å²) in [7, 11) is 0. The van der Waals surface area contributed by atoms with Crippen molar-refractivity contribution in [3.8, 4) is 0 Å². The number of hydrogen-bond acceptors (Lipinski definition) is 2. The van der Waals surface area contributed by atoms with Crippen molar-refractivity contribution < 1.29 is 0 Å². The monoisotopic (exact) mass is 306 g/mol. The van der Waals surface area contributed by atoms with Gasteiger partial charge in [-0.05, 0) is 36.1 Å². The van der Waals surface area contributed by atoms with E-state index >= 15 is 0 Å². The van der Waals surface area contributed by atoms with Gasteiger partial charge in [0.25, 0.3) is 0 Å². The number of fused-ring (bicyclic) bond motifs is 2. The first-order valence-corrected chi connectivity index (χ1v) is 7.18. The molecule has 1 N–H and O–H groups in total. The normalized spacial score (nSPS) is 12.9. The van der Waals surface area contributed by atoms with Crippen molar-refractivity contribution in [1.82, 2.24) is 4.98 Å². The molecule has 1 aliphatic rings. The first-order valence-electron chi connectivity index (χ1n) is 6.39. The Morgan fingerprint density at radius 1 is 1.22 bits per heavy atom. The van der Waals surface area contributed by atoms with Gasteiger partial charge in [-0.3, -0.25) is 0 Å². The molecule has 0 atom stereocenters. The van der Waals surface area contributed by atoms with Crippen LogP contribution in [0, 0.1) is 5.92 Å². The van der Waals surface area contributed by atoms with Gasteiger partial charge < -0.3 is 5.32 Å². The molecule has 2 heterocycles. The fraction of sp³-hybridized carbons (Fsp3) is 0.400. The molecule has 1 aliphatic heterocycles. The fourth-order valence-electron chi connectivity index (χ4n) is 1.84. The Morgan fingerprint density at radius 2 is 1.94 bits per heavy atom. The number of benzene rings is 1. The Hall–Kier alpha value is -1.09. The van der Waals surface area contributed by atoms with E-state index in [1.807, 2.05) is 0 Å². The standard InChI is InChI=1S/C11H9BrN2.C4H10/c12-9-2-1-7-5-8-3-4-13-11(8)14-10(7)6-9;1-4(2)3/h1-2,5-6H,3-4H2,(H,13,14);4H,1-3H3. The first-order chi connectivity index (χ1) is 8.56. The van der Waals surface area contributed by atoms with E-state index in [1.165, 1.54) is 10.9 Å². The zero-order valence-corrected chi connectivity index (χ0v) is 12.7. The highest BCUT2D eigenvalue weighted by Crippen LogP contribution is 2.26. The molecule has 0 amide bonds. The van der Waals surface area contributed by atoms with Crippen LogP contribution in [-0.4, -0.2) is 11.5 Å². The van der Waals surface area contributed by atoms with Gasteiger partial charge in [0.1, 0.15) is 5.82 Å². The second-order valence-corrected chi connectivity index (χ2v) is 6.16. The minimum atomic E-state index is 0.833. The van der Waals surface area contributed by atoms with Crippen molar-refractivity contribution in [2.75, 3.05) is 11.9 Å². The van der Waals surface area contributed by atoms with Crippen LogP contribution >= 0.6 is 15.9 Å². The highest BCUT2D eigenvalue weighted by molar-refractivity contribution is 9.10. The number of hydrogen-bond donors (Lipinski definition) is 1. The topological polar surface area (TPSA) is 24.9 Å². The van der Waals surface area contributed by atoms with E-state index in [0.717, 1.165) is 34.7 Å². The minimum Gasteiger partial charge on any atom is -0.369 e. The average Bonchev–Trinajstić information content (AvgIpc) is 2.72. The maximum Gasteiger partial charge on any atom is 0.129 e. The smallest absolute Gasteiger partial charge is 0.129 e. The highest BCUT2D eigenvalue weighted by atomic mass is 79.9. The molecule has 0 bridgehead atoms. The van der Waals surface area contributed by atoms with Crippen LogP contribution in [0.3, 0.4) is 0 Å². The van der Waals surface area contributed by atoms with Gasteiger partial charge in [0.05, 0.1) is 5.52 Å². The van der Waals surface area contributed by atoms with Crippen LogP contribution in [-0.2, 0) is 6.42 Å². The Bertz CT molecular complexity index is 547. The number of nitrogens with zero attached hydrogens (tertiary/aromatic N) is 1. The molecule has 3 rings (SSSR count). The first kappa shape index (κ1) is 13.3. The maximum atomic E-state index is 4.58. The number of rotatable bonds is 0. The Kier molecular flexibility index (Phi) is 4.23. The molecular formula is C15H19BrN2. The zero-order chi connectivity index (χ0) is 13.1. The van der Waals surface area contributed by atoms with Crippen LogP contribution in [0.5, 0.6) is 0 Å². The molecule has 0 saturated carbocycles. The number of pyridine rings is 1. The Balaban J connectivity index is 0.000000267. The SMILES string of the molecule is Brc1ccc2cc3c(nc2c1)NCC3.CC(C)C. The lowest BCUT2D eigenvalue weighted by Crippen LogP contribution is -1.93. The summed E-state index contributed by atoms with van der Waals surface area (Å²) in [6, 6.07) is 8.43. The van der Waals surface area contributed by atoms with Gasteiger partial charge in [-0.2, -0.15) is 0 Å². The molecule has 2 aromatic rings. The van der Waals surface area contributed by atoms with Crippen LogP contribution in [0.25, 0.3) is 10.9 Å². The molecule has 1 aromatic carbocycles. The van der Waals surface area contributed by atoms with Gasteiger partial charge in [-0.15, -0.1) is 0 Å². The third-order valence-electron chi connectivity index (χ3n) is 2.55. The summed E-state index contributed by atoms with van der Waals surface area (Å²) in [5, 5.41) is 4.50. The lowest BCUT2D eigenvalue weighted by atomic mass is 10.1. The molecular weight excluding hydrogens is 288 g/mol. The summed E-state index contributed by atoms with van der Waals surface area (Å²) in [5.74, 6) is 1.88. The summed E-state index contributed by atoms with van der Waals surface area (Å²) in [6.07, 6.45) is 1.09. The van der Waals surface area contributed by atoms with Crippen molar-refractivity contribution in [3.63, 3.8) is 0 Å². The summed E-state index contributed by atoms with van der Waals surface area (Å²) < 4.78 is 1.08. The lowest BCUT2D eigenvalue weighted by molar-refractivity contribution is 0.737. The molecule has 0 unspecified atom stereocenters. The third kappa shape index (κ3) is 3.22. The van der Waals surface area contributed by atoms with Gasteiger partial charge in [0, 0.05) is 16.4 Å². The van der Waals surface area contributed by atoms with Crippen molar-refractivity contribution in [2.24, 2.45) is 5.92 Å². The summed E-state index contributed by atoms with van der Waals surface area (Å²) in [5.41, 5.74) is 2.38. The third-order valence-corrected chi connectivity index (χ3v) is 3.04. The molecule has 0 aliphatic carbocycles. The van der Waals surface area contributed by atoms with Crippen LogP contribution < -0.4 is 5.32 Å². The molecule has 96 valence electrons. The predicted molar refractivity (Wildman–Crippen MR) is 82.1 cm³/mol. The predicted octanol–water partition coefficient (Wildman–Crippen LogP) is 4.63. The number of halogens is 1. The molecule has 0 saturated heterocycles. The molecule has 2 nitrogen and oxygen atoms in total. The molecule has 1 aromatic heterocycles. The van der Waals surface area contributed by atoms with E-state index in [9.17, 15) is 0 Å². The fourth-order valence-corrected chi connectivity index (χ4v) is 2.19. The summed E-state index contributed by atoms with van der Waals surface area (Å²) >= 11 is 3.45. The molecule has 0 fully saturated rings. The van der Waals surface area contributed by atoms with E-state index < -0.39 is 0 Å². The van der Waals surface area contributed by atoms with Gasteiger partial charge >= 0.3 is 0 Å². The largest absolute Gasteiger partial charge is 0.369 e. The second-order valence-electron chi connectivity index (χ2n) is 5.24. The van der Waals surface area contributed by atoms with E-state index in [2.05, 4.69) is 71.3 Å². The van der Waals surface area contributed by atoms with Gasteiger partial charge in [-0.1, -0.05) is 42.8 Å². The van der Waals surface area contributed by atoms with Crippen molar-refractivity contribution >= 4 is 32.7 Å². The number of anilines is 1. The van der Waals surface area contributed by atoms with Crippen molar-refractivity contribution in [2.45, 2.75) is 27.2 Å². The van der Waals surface area contributed by atoms with Gasteiger partial charge in [-0.25, -0.2) is 4.98 Å². The van der Waals surface area contributed by atoms with Crippen molar-refractivity contribution in [3.05, 3.63) is 34.3 Å². The molecule has 3 heteroatoms. The van der Waals surface area contributed by atoms with E-state index in [0.29, 0.717) is 0 Å². The number of nitrogens with one attached hydrogen (secondary N) is 1. The highest BCUT2D eigenvalue weighted by Gasteiger charge is 2.11. The minimum absolute atomic E-state index is 0.833. The zero-order valence-electron chi connectivity index (χ0n) is 11.1. The average molecular weight is 307 g/mol. The van der Waals surface area contributed by atoms with Gasteiger partial charge in [0.2, 0.25) is 0 Å². The van der Waals surface area contributed by atoms with Gasteiger partial charge in [0.15, 0.2) is 0 Å². The van der Waals surface area contributed by atoms with Crippen LogP contribution in [0.4, 0.5) is 5.82 Å². The Labute approximate surface area is 117 Å². The molecule has 0 spiro atoms. The lowest BCUT2D eigenvalue weighted by Gasteiger charge is -2.02. The van der Waals surface area contributed by atoms with E-state index in [1.54, 1.807) is 0 Å². The summed E-state index contributed by atoms with van der Waals surface area (Å²) in [4.78, 5) is 4.58. The van der Waals surface area contributed by atoms with E-state index in [4.69, 9.17) is 0 Å². The van der Waals surface area contributed by atoms with Crippen LogP contribution in [0.1, 0.15) is 26.3 Å². The van der Waals surface area contributed by atoms with Crippen molar-refractivity contribution in [1.29, 1.82) is 0 Å². The maximum absolute atomic E-state index is 4.58. The van der Waals surface area contributed by atoms with Crippen LogP contribution in [0.15, 0.2) is 28.7 Å². The molecule has 18 heavy (non-hydrogen) atoms. The van der Waals surface area contributed by atoms with Crippen LogP contribution in [0.2, 0.25) is 0 Å². The van der Waals surface area contributed by atoms with E-state index in [-0.39, 0.29) is 0 Å². The second kappa shape index (κ2) is 5.70. The quantitative estimate of drug-likeness (QED) is 0.767. The summed E-state index contributed by atoms with van der Waals surface area (Å²) in [6.45, 7) is 7.51.